The van der Waals surface area contributed by atoms with Gasteiger partial charge in [0.15, 0.2) is 6.61 Å². The highest BCUT2D eigenvalue weighted by atomic mass is 79.9. The Morgan fingerprint density at radius 2 is 1.96 bits per heavy atom. The van der Waals surface area contributed by atoms with Gasteiger partial charge in [-0.25, -0.2) is 4.79 Å². The summed E-state index contributed by atoms with van der Waals surface area (Å²) in [6, 6.07) is 14.4. The largest absolute Gasteiger partial charge is 0.497 e. The lowest BCUT2D eigenvalue weighted by atomic mass is 10.2. The van der Waals surface area contributed by atoms with E-state index in [4.69, 9.17) is 9.47 Å². The Morgan fingerprint density at radius 1 is 1.17 bits per heavy atom. The van der Waals surface area contributed by atoms with E-state index in [1.54, 1.807) is 37.5 Å². The first-order valence-corrected chi connectivity index (χ1v) is 7.90. The van der Waals surface area contributed by atoms with Crippen molar-refractivity contribution in [2.75, 3.05) is 19.0 Å². The molecule has 0 aliphatic rings. The second kappa shape index (κ2) is 8.88. The summed E-state index contributed by atoms with van der Waals surface area (Å²) in [6.07, 6.45) is 2.90. The van der Waals surface area contributed by atoms with Gasteiger partial charge in [0.1, 0.15) is 5.75 Å². The molecule has 0 unspecified atom stereocenters. The molecule has 124 valence electrons. The lowest BCUT2D eigenvalue weighted by Gasteiger charge is -2.07. The highest BCUT2D eigenvalue weighted by Gasteiger charge is 2.06. The Kier molecular flexibility index (Phi) is 6.57. The third-order valence-corrected chi connectivity index (χ3v) is 3.45. The summed E-state index contributed by atoms with van der Waals surface area (Å²) in [6.45, 7) is -0.362. The van der Waals surface area contributed by atoms with Crippen LogP contribution in [0.5, 0.6) is 5.75 Å². The van der Waals surface area contributed by atoms with E-state index >= 15 is 0 Å². The van der Waals surface area contributed by atoms with E-state index in [0.29, 0.717) is 11.4 Å². The molecule has 2 rings (SSSR count). The molecule has 2 aromatic carbocycles. The standard InChI is InChI=1S/C18H16BrNO4/c1-23-16-7-3-6-15(11-16)20-17(21)12-24-18(22)9-8-13-4-2-5-14(19)10-13/h2-11H,12H2,1H3,(H,20,21)/b9-8+. The fourth-order valence-corrected chi connectivity index (χ4v) is 2.27. The Morgan fingerprint density at radius 3 is 2.71 bits per heavy atom. The third kappa shape index (κ3) is 5.89. The smallest absolute Gasteiger partial charge is 0.331 e. The Labute approximate surface area is 148 Å². The first-order chi connectivity index (χ1) is 11.6. The van der Waals surface area contributed by atoms with Crippen molar-refractivity contribution in [3.63, 3.8) is 0 Å². The summed E-state index contributed by atoms with van der Waals surface area (Å²) in [7, 11) is 1.54. The molecule has 0 radical (unpaired) electrons. The van der Waals surface area contributed by atoms with Crippen LogP contribution in [0, 0.1) is 0 Å². The van der Waals surface area contributed by atoms with Crippen molar-refractivity contribution in [2.24, 2.45) is 0 Å². The summed E-state index contributed by atoms with van der Waals surface area (Å²) in [4.78, 5) is 23.4. The van der Waals surface area contributed by atoms with Crippen LogP contribution in [0.1, 0.15) is 5.56 Å². The minimum Gasteiger partial charge on any atom is -0.497 e. The normalized spacial score (nSPS) is 10.4. The number of hydrogen-bond donors (Lipinski definition) is 1. The molecular weight excluding hydrogens is 374 g/mol. The Balaban J connectivity index is 1.81. The number of rotatable bonds is 6. The van der Waals surface area contributed by atoms with Crippen LogP contribution in [0.2, 0.25) is 0 Å². The van der Waals surface area contributed by atoms with Crippen LogP contribution in [0.25, 0.3) is 6.08 Å². The minimum atomic E-state index is -0.587. The molecule has 1 N–H and O–H groups in total. The van der Waals surface area contributed by atoms with Gasteiger partial charge in [0.25, 0.3) is 5.91 Å². The Hall–Kier alpha value is -2.60. The van der Waals surface area contributed by atoms with E-state index in [1.807, 2.05) is 24.3 Å². The maximum absolute atomic E-state index is 11.8. The van der Waals surface area contributed by atoms with Gasteiger partial charge in [-0.05, 0) is 35.9 Å². The lowest BCUT2D eigenvalue weighted by Crippen LogP contribution is -2.20. The molecule has 0 heterocycles. The molecule has 0 saturated heterocycles. The lowest BCUT2D eigenvalue weighted by molar-refractivity contribution is -0.142. The topological polar surface area (TPSA) is 64.6 Å². The molecule has 2 aromatic rings. The summed E-state index contributed by atoms with van der Waals surface area (Å²) >= 11 is 3.35. The van der Waals surface area contributed by atoms with Gasteiger partial charge < -0.3 is 14.8 Å². The van der Waals surface area contributed by atoms with Crippen molar-refractivity contribution >= 4 is 39.6 Å². The van der Waals surface area contributed by atoms with Gasteiger partial charge in [0.2, 0.25) is 0 Å². The van der Waals surface area contributed by atoms with Crippen LogP contribution >= 0.6 is 15.9 Å². The van der Waals surface area contributed by atoms with Gasteiger partial charge in [-0.15, -0.1) is 0 Å². The van der Waals surface area contributed by atoms with E-state index in [1.165, 1.54) is 6.08 Å². The van der Waals surface area contributed by atoms with E-state index in [9.17, 15) is 9.59 Å². The first kappa shape index (κ1) is 17.7. The Bertz CT molecular complexity index is 758. The molecule has 0 bridgehead atoms. The summed E-state index contributed by atoms with van der Waals surface area (Å²) < 4.78 is 10.9. The fraction of sp³-hybridized carbons (Fsp3) is 0.111. The maximum Gasteiger partial charge on any atom is 0.331 e. The van der Waals surface area contributed by atoms with Crippen LogP contribution in [0.15, 0.2) is 59.1 Å². The van der Waals surface area contributed by atoms with E-state index in [2.05, 4.69) is 21.2 Å². The first-order valence-electron chi connectivity index (χ1n) is 7.11. The quantitative estimate of drug-likeness (QED) is 0.604. The zero-order chi connectivity index (χ0) is 17.4. The average Bonchev–Trinajstić information content (AvgIpc) is 2.58. The predicted molar refractivity (Wildman–Crippen MR) is 95.8 cm³/mol. The van der Waals surface area contributed by atoms with Crippen molar-refractivity contribution in [1.82, 2.24) is 0 Å². The molecule has 6 heteroatoms. The molecule has 1 amide bonds. The molecule has 0 fully saturated rings. The molecule has 5 nitrogen and oxygen atoms in total. The number of nitrogens with one attached hydrogen (secondary N) is 1. The molecule has 24 heavy (non-hydrogen) atoms. The van der Waals surface area contributed by atoms with Crippen molar-refractivity contribution in [1.29, 1.82) is 0 Å². The van der Waals surface area contributed by atoms with Crippen LogP contribution < -0.4 is 10.1 Å². The highest BCUT2D eigenvalue weighted by Crippen LogP contribution is 2.16. The van der Waals surface area contributed by atoms with Crippen molar-refractivity contribution in [2.45, 2.75) is 0 Å². The summed E-state index contributed by atoms with van der Waals surface area (Å²) in [5.41, 5.74) is 1.42. The van der Waals surface area contributed by atoms with E-state index in [0.717, 1.165) is 10.0 Å². The number of hydrogen-bond acceptors (Lipinski definition) is 4. The van der Waals surface area contributed by atoms with Crippen LogP contribution in [0.4, 0.5) is 5.69 Å². The SMILES string of the molecule is COc1cccc(NC(=O)COC(=O)/C=C/c2cccc(Br)c2)c1. The van der Waals surface area contributed by atoms with Gasteiger partial charge in [0.05, 0.1) is 7.11 Å². The molecular formula is C18H16BrNO4. The zero-order valence-corrected chi connectivity index (χ0v) is 14.6. The fourth-order valence-electron chi connectivity index (χ4n) is 1.86. The summed E-state index contributed by atoms with van der Waals surface area (Å²) in [5.74, 6) is -0.384. The van der Waals surface area contributed by atoms with Gasteiger partial charge in [-0.1, -0.05) is 34.1 Å². The van der Waals surface area contributed by atoms with Crippen molar-refractivity contribution in [3.05, 3.63) is 64.6 Å². The number of amides is 1. The zero-order valence-electron chi connectivity index (χ0n) is 13.0. The van der Waals surface area contributed by atoms with Crippen molar-refractivity contribution in [3.8, 4) is 5.75 Å². The average molecular weight is 390 g/mol. The van der Waals surface area contributed by atoms with Crippen molar-refractivity contribution < 1.29 is 19.1 Å². The third-order valence-electron chi connectivity index (χ3n) is 2.96. The molecule has 0 aliphatic carbocycles. The number of halogens is 1. The molecule has 0 atom stereocenters. The molecule has 0 aliphatic heterocycles. The van der Waals surface area contributed by atoms with E-state index < -0.39 is 11.9 Å². The second-order valence-corrected chi connectivity index (χ2v) is 5.69. The molecule has 0 saturated carbocycles. The van der Waals surface area contributed by atoms with E-state index in [-0.39, 0.29) is 6.61 Å². The number of ether oxygens (including phenoxy) is 2. The number of esters is 1. The molecule has 0 spiro atoms. The number of carbonyl (C=O) groups excluding carboxylic acids is 2. The van der Waals surface area contributed by atoms with Crippen LogP contribution in [-0.4, -0.2) is 25.6 Å². The molecule has 0 aromatic heterocycles. The second-order valence-electron chi connectivity index (χ2n) is 4.78. The maximum atomic E-state index is 11.8. The summed E-state index contributed by atoms with van der Waals surface area (Å²) in [5, 5.41) is 2.63. The number of benzene rings is 2. The number of anilines is 1. The number of methoxy groups -OCH3 is 1. The highest BCUT2D eigenvalue weighted by molar-refractivity contribution is 9.10. The van der Waals surface area contributed by atoms with Gasteiger partial charge >= 0.3 is 5.97 Å². The number of carbonyl (C=O) groups is 2. The van der Waals surface area contributed by atoms with Gasteiger partial charge in [-0.3, -0.25) is 4.79 Å². The van der Waals surface area contributed by atoms with Crippen LogP contribution in [-0.2, 0) is 14.3 Å². The van der Waals surface area contributed by atoms with Crippen LogP contribution in [0.3, 0.4) is 0 Å². The van der Waals surface area contributed by atoms with Gasteiger partial charge in [0, 0.05) is 22.3 Å². The van der Waals surface area contributed by atoms with Gasteiger partial charge in [-0.2, -0.15) is 0 Å². The monoisotopic (exact) mass is 389 g/mol. The minimum absolute atomic E-state index is 0.362. The predicted octanol–water partition coefficient (Wildman–Crippen LogP) is 3.65.